The van der Waals surface area contributed by atoms with Crippen molar-refractivity contribution in [1.82, 2.24) is 9.80 Å². The molecule has 1 aliphatic heterocycles. The number of hydrogen-bond donors (Lipinski definition) is 0. The Bertz CT molecular complexity index is 454. The van der Waals surface area contributed by atoms with E-state index in [4.69, 9.17) is 0 Å². The van der Waals surface area contributed by atoms with Crippen molar-refractivity contribution in [3.63, 3.8) is 0 Å². The van der Waals surface area contributed by atoms with Crippen molar-refractivity contribution in [3.8, 4) is 0 Å². The Morgan fingerprint density at radius 3 is 2.04 bits per heavy atom. The van der Waals surface area contributed by atoms with Gasteiger partial charge in [-0.15, -0.1) is 0 Å². The Balaban J connectivity index is 1.64. The lowest BCUT2D eigenvalue weighted by molar-refractivity contribution is 0.140. The predicted octanol–water partition coefficient (Wildman–Crippen LogP) is 6.15. The Morgan fingerprint density at radius 1 is 0.750 bits per heavy atom. The van der Waals surface area contributed by atoms with Crippen LogP contribution < -0.4 is 0 Å². The third-order valence-electron chi connectivity index (χ3n) is 5.06. The SMILES string of the molecule is CCCCCCCCCCN1C=CN(Cc2ccccc2)C1CC. The Labute approximate surface area is 149 Å². The minimum atomic E-state index is 0.537. The highest BCUT2D eigenvalue weighted by atomic mass is 15.4. The highest BCUT2D eigenvalue weighted by Gasteiger charge is 2.23. The molecule has 0 saturated heterocycles. The van der Waals surface area contributed by atoms with Gasteiger partial charge in [0.05, 0.1) is 0 Å². The van der Waals surface area contributed by atoms with Gasteiger partial charge in [0.25, 0.3) is 0 Å². The summed E-state index contributed by atoms with van der Waals surface area (Å²) in [5.41, 5.74) is 1.40. The van der Waals surface area contributed by atoms with Gasteiger partial charge >= 0.3 is 0 Å². The molecule has 2 nitrogen and oxygen atoms in total. The number of hydrogen-bond acceptors (Lipinski definition) is 2. The summed E-state index contributed by atoms with van der Waals surface area (Å²) in [6, 6.07) is 10.8. The van der Waals surface area contributed by atoms with Crippen LogP contribution in [0.15, 0.2) is 42.7 Å². The molecule has 0 saturated carbocycles. The van der Waals surface area contributed by atoms with E-state index in [-0.39, 0.29) is 0 Å². The molecule has 0 spiro atoms. The van der Waals surface area contributed by atoms with Crippen LogP contribution in [0.1, 0.15) is 77.2 Å². The number of benzene rings is 1. The Hall–Kier alpha value is -1.44. The largest absolute Gasteiger partial charge is 0.356 e. The van der Waals surface area contributed by atoms with Gasteiger partial charge in [0.2, 0.25) is 0 Å². The second-order valence-corrected chi connectivity index (χ2v) is 7.06. The third-order valence-corrected chi connectivity index (χ3v) is 5.06. The first-order valence-electron chi connectivity index (χ1n) is 10.1. The number of nitrogens with zero attached hydrogens (tertiary/aromatic N) is 2. The third kappa shape index (κ3) is 6.22. The fourth-order valence-electron chi connectivity index (χ4n) is 3.63. The first kappa shape index (κ1) is 18.9. The molecule has 0 fully saturated rings. The van der Waals surface area contributed by atoms with Crippen LogP contribution in [0, 0.1) is 0 Å². The van der Waals surface area contributed by atoms with Gasteiger partial charge in [-0.3, -0.25) is 0 Å². The molecular formula is C22H36N2. The summed E-state index contributed by atoms with van der Waals surface area (Å²) < 4.78 is 0. The van der Waals surface area contributed by atoms with Crippen LogP contribution >= 0.6 is 0 Å². The number of unbranched alkanes of at least 4 members (excludes halogenated alkanes) is 7. The van der Waals surface area contributed by atoms with Crippen molar-refractivity contribution in [2.24, 2.45) is 0 Å². The van der Waals surface area contributed by atoms with E-state index >= 15 is 0 Å². The van der Waals surface area contributed by atoms with Gasteiger partial charge in [-0.05, 0) is 18.4 Å². The molecule has 0 radical (unpaired) electrons. The fourth-order valence-corrected chi connectivity index (χ4v) is 3.63. The summed E-state index contributed by atoms with van der Waals surface area (Å²) in [6.07, 6.45) is 17.5. The fraction of sp³-hybridized carbons (Fsp3) is 0.636. The zero-order valence-corrected chi connectivity index (χ0v) is 15.8. The van der Waals surface area contributed by atoms with Gasteiger partial charge < -0.3 is 9.80 Å². The van der Waals surface area contributed by atoms with Crippen LogP contribution in [-0.4, -0.2) is 22.5 Å². The second-order valence-electron chi connectivity index (χ2n) is 7.06. The molecule has 0 aromatic heterocycles. The lowest BCUT2D eigenvalue weighted by Gasteiger charge is -2.32. The average molecular weight is 329 g/mol. The van der Waals surface area contributed by atoms with Crippen LogP contribution in [0.5, 0.6) is 0 Å². The molecule has 1 aromatic rings. The van der Waals surface area contributed by atoms with E-state index in [1.807, 2.05) is 0 Å². The summed E-state index contributed by atoms with van der Waals surface area (Å²) in [5.74, 6) is 0. The smallest absolute Gasteiger partial charge is 0.101 e. The standard InChI is InChI=1S/C22H36N2/c1-3-5-6-7-8-9-10-14-17-23-18-19-24(22(23)4-2)20-21-15-12-11-13-16-21/h11-13,15-16,18-19,22H,3-10,14,17,20H2,1-2H3. The molecule has 24 heavy (non-hydrogen) atoms. The molecule has 2 rings (SSSR count). The molecule has 1 unspecified atom stereocenters. The summed E-state index contributed by atoms with van der Waals surface area (Å²) >= 11 is 0. The van der Waals surface area contributed by atoms with Crippen molar-refractivity contribution >= 4 is 0 Å². The van der Waals surface area contributed by atoms with Crippen molar-refractivity contribution in [2.45, 2.75) is 84.3 Å². The van der Waals surface area contributed by atoms with Gasteiger partial charge in [0.15, 0.2) is 0 Å². The zero-order valence-electron chi connectivity index (χ0n) is 15.8. The van der Waals surface area contributed by atoms with E-state index in [9.17, 15) is 0 Å². The zero-order chi connectivity index (χ0) is 17.0. The van der Waals surface area contributed by atoms with Crippen LogP contribution in [0.3, 0.4) is 0 Å². The van der Waals surface area contributed by atoms with Crippen molar-refractivity contribution in [3.05, 3.63) is 48.3 Å². The van der Waals surface area contributed by atoms with Crippen LogP contribution in [-0.2, 0) is 6.54 Å². The molecule has 134 valence electrons. The van der Waals surface area contributed by atoms with E-state index in [1.54, 1.807) is 0 Å². The molecule has 0 N–H and O–H groups in total. The second kappa shape index (κ2) is 11.2. The summed E-state index contributed by atoms with van der Waals surface area (Å²) in [7, 11) is 0. The molecule has 0 amide bonds. The van der Waals surface area contributed by atoms with Crippen LogP contribution in [0.2, 0.25) is 0 Å². The normalized spacial score (nSPS) is 17.0. The van der Waals surface area contributed by atoms with E-state index in [1.165, 1.54) is 69.9 Å². The summed E-state index contributed by atoms with van der Waals surface area (Å²) in [5, 5.41) is 0. The molecule has 1 atom stereocenters. The van der Waals surface area contributed by atoms with E-state index in [0.29, 0.717) is 6.17 Å². The van der Waals surface area contributed by atoms with Gasteiger partial charge in [0, 0.05) is 25.5 Å². The maximum atomic E-state index is 2.54. The van der Waals surface area contributed by atoms with E-state index in [0.717, 1.165) is 6.54 Å². The Morgan fingerprint density at radius 2 is 1.38 bits per heavy atom. The minimum absolute atomic E-state index is 0.537. The van der Waals surface area contributed by atoms with Gasteiger partial charge in [0.1, 0.15) is 6.17 Å². The first-order valence-corrected chi connectivity index (χ1v) is 10.1. The average Bonchev–Trinajstić information content (AvgIpc) is 2.99. The molecule has 1 heterocycles. The first-order chi connectivity index (χ1) is 11.8. The monoisotopic (exact) mass is 328 g/mol. The molecule has 0 bridgehead atoms. The summed E-state index contributed by atoms with van der Waals surface area (Å²) in [4.78, 5) is 5.03. The highest BCUT2D eigenvalue weighted by Crippen LogP contribution is 2.22. The van der Waals surface area contributed by atoms with Gasteiger partial charge in [-0.2, -0.15) is 0 Å². The maximum Gasteiger partial charge on any atom is 0.101 e. The molecule has 0 aliphatic carbocycles. The van der Waals surface area contributed by atoms with E-state index < -0.39 is 0 Å². The quantitative estimate of drug-likeness (QED) is 0.424. The van der Waals surface area contributed by atoms with Gasteiger partial charge in [-0.25, -0.2) is 0 Å². The Kier molecular flexibility index (Phi) is 8.80. The van der Waals surface area contributed by atoms with Crippen molar-refractivity contribution in [1.29, 1.82) is 0 Å². The summed E-state index contributed by atoms with van der Waals surface area (Å²) in [6.45, 7) is 6.81. The topological polar surface area (TPSA) is 6.48 Å². The van der Waals surface area contributed by atoms with E-state index in [2.05, 4.69) is 66.4 Å². The van der Waals surface area contributed by atoms with Crippen molar-refractivity contribution in [2.75, 3.05) is 6.54 Å². The number of rotatable bonds is 12. The molecule has 2 heteroatoms. The highest BCUT2D eigenvalue weighted by molar-refractivity contribution is 5.15. The van der Waals surface area contributed by atoms with Gasteiger partial charge in [-0.1, -0.05) is 89.1 Å². The maximum absolute atomic E-state index is 2.54. The van der Waals surface area contributed by atoms with Crippen LogP contribution in [0.25, 0.3) is 0 Å². The predicted molar refractivity (Wildman–Crippen MR) is 105 cm³/mol. The molecule has 1 aromatic carbocycles. The lowest BCUT2D eigenvalue weighted by Crippen LogP contribution is -2.38. The van der Waals surface area contributed by atoms with Crippen LogP contribution in [0.4, 0.5) is 0 Å². The van der Waals surface area contributed by atoms with Crippen molar-refractivity contribution < 1.29 is 0 Å². The lowest BCUT2D eigenvalue weighted by atomic mass is 10.1. The molecular weight excluding hydrogens is 292 g/mol. The minimum Gasteiger partial charge on any atom is -0.356 e. The molecule has 1 aliphatic rings.